The number of nitrogens with one attached hydrogen (secondary N) is 1. The lowest BCUT2D eigenvalue weighted by Gasteiger charge is -2.18. The Morgan fingerprint density at radius 3 is 3.17 bits per heavy atom. The van der Waals surface area contributed by atoms with Crippen molar-refractivity contribution < 1.29 is 0 Å². The fraction of sp³-hybridized carbons (Fsp3) is 0.222. The number of hydrogen-bond acceptors (Lipinski definition) is 2. The molecule has 1 aliphatic rings. The summed E-state index contributed by atoms with van der Waals surface area (Å²) in [4.78, 5) is 0. The van der Waals surface area contributed by atoms with Gasteiger partial charge in [-0.05, 0) is 6.92 Å². The maximum atomic E-state index is 6.04. The normalized spacial score (nSPS) is 26.8. The third-order valence-electron chi connectivity index (χ3n) is 2.04. The van der Waals surface area contributed by atoms with E-state index in [1.165, 1.54) is 0 Å². The summed E-state index contributed by atoms with van der Waals surface area (Å²) in [5.41, 5.74) is 7.63. The molecule has 0 aromatic carbocycles. The number of aromatic nitrogens is 2. The van der Waals surface area contributed by atoms with E-state index in [0.29, 0.717) is 0 Å². The Kier molecular flexibility index (Phi) is 1.41. The van der Waals surface area contributed by atoms with Crippen LogP contribution in [0.2, 0.25) is 0 Å². The summed E-state index contributed by atoms with van der Waals surface area (Å²) in [6, 6.07) is 0. The third-order valence-corrected chi connectivity index (χ3v) is 2.04. The zero-order valence-corrected chi connectivity index (χ0v) is 6.91. The van der Waals surface area contributed by atoms with Gasteiger partial charge in [0.15, 0.2) is 0 Å². The molecule has 1 unspecified atom stereocenters. The van der Waals surface area contributed by atoms with Crippen molar-refractivity contribution in [3.63, 3.8) is 0 Å². The molecule has 0 saturated heterocycles. The van der Waals surface area contributed by atoms with Crippen LogP contribution in [0.3, 0.4) is 0 Å². The summed E-state index contributed by atoms with van der Waals surface area (Å²) in [6.07, 6.45) is 9.64. The molecule has 3 nitrogen and oxygen atoms in total. The Morgan fingerprint density at radius 2 is 2.33 bits per heavy atom. The molecule has 0 aliphatic heterocycles. The monoisotopic (exact) mass is 161 g/mol. The zero-order valence-electron chi connectivity index (χ0n) is 6.91. The van der Waals surface area contributed by atoms with Gasteiger partial charge >= 0.3 is 0 Å². The summed E-state index contributed by atoms with van der Waals surface area (Å²) in [5, 5.41) is 6.86. The quantitative estimate of drug-likeness (QED) is 0.600. The molecule has 3 heteroatoms. The molecule has 0 spiro atoms. The molecular formula is C9H11N3. The predicted molar refractivity (Wildman–Crippen MR) is 48.3 cm³/mol. The van der Waals surface area contributed by atoms with Gasteiger partial charge in [0.2, 0.25) is 0 Å². The lowest BCUT2D eigenvalue weighted by molar-refractivity contribution is 0.604. The van der Waals surface area contributed by atoms with E-state index in [9.17, 15) is 0 Å². The highest BCUT2D eigenvalue weighted by atomic mass is 15.1. The van der Waals surface area contributed by atoms with E-state index in [-0.39, 0.29) is 0 Å². The molecule has 2 rings (SSSR count). The van der Waals surface area contributed by atoms with Crippen molar-refractivity contribution in [1.82, 2.24) is 10.2 Å². The first kappa shape index (κ1) is 7.31. The minimum Gasteiger partial charge on any atom is -0.317 e. The average molecular weight is 161 g/mol. The highest BCUT2D eigenvalue weighted by Crippen LogP contribution is 2.23. The fourth-order valence-electron chi connectivity index (χ4n) is 1.35. The third kappa shape index (κ3) is 0.987. The molecule has 1 atom stereocenters. The van der Waals surface area contributed by atoms with Gasteiger partial charge in [-0.1, -0.05) is 24.3 Å². The smallest absolute Gasteiger partial charge is 0.0743 e. The summed E-state index contributed by atoms with van der Waals surface area (Å²) < 4.78 is 0. The van der Waals surface area contributed by atoms with E-state index in [1.807, 2.05) is 31.2 Å². The fourth-order valence-corrected chi connectivity index (χ4v) is 1.35. The Hall–Kier alpha value is -1.35. The van der Waals surface area contributed by atoms with E-state index >= 15 is 0 Å². The summed E-state index contributed by atoms with van der Waals surface area (Å²) in [6.45, 7) is 1.95. The van der Waals surface area contributed by atoms with E-state index in [2.05, 4.69) is 10.2 Å². The van der Waals surface area contributed by atoms with Crippen LogP contribution in [0.25, 0.3) is 6.08 Å². The first-order valence-corrected chi connectivity index (χ1v) is 3.89. The van der Waals surface area contributed by atoms with E-state index in [1.54, 1.807) is 6.20 Å². The SMILES string of the molecule is CC1(N)C=CC=Cc2cn[nH]c21. The van der Waals surface area contributed by atoms with Crippen molar-refractivity contribution in [2.24, 2.45) is 5.73 Å². The van der Waals surface area contributed by atoms with Gasteiger partial charge in [0.25, 0.3) is 0 Å². The van der Waals surface area contributed by atoms with Crippen molar-refractivity contribution in [3.05, 3.63) is 35.7 Å². The number of nitrogens with two attached hydrogens (primary N) is 1. The first-order valence-electron chi connectivity index (χ1n) is 3.89. The number of allylic oxidation sites excluding steroid dienone is 2. The molecule has 1 aromatic rings. The van der Waals surface area contributed by atoms with Gasteiger partial charge in [-0.25, -0.2) is 0 Å². The molecule has 0 saturated carbocycles. The molecule has 1 aromatic heterocycles. The second kappa shape index (κ2) is 2.32. The molecule has 0 fully saturated rings. The first-order chi connectivity index (χ1) is 5.70. The van der Waals surface area contributed by atoms with E-state index in [0.717, 1.165) is 11.3 Å². The lowest BCUT2D eigenvalue weighted by atomic mass is 9.97. The molecule has 1 heterocycles. The number of H-pyrrole nitrogens is 1. The van der Waals surface area contributed by atoms with Crippen molar-refractivity contribution in [3.8, 4) is 0 Å². The summed E-state index contributed by atoms with van der Waals surface area (Å²) in [7, 11) is 0. The van der Waals surface area contributed by atoms with Gasteiger partial charge < -0.3 is 5.73 Å². The molecule has 1 aliphatic carbocycles. The average Bonchev–Trinajstić information content (AvgIpc) is 2.42. The maximum absolute atomic E-state index is 6.04. The molecule has 3 N–H and O–H groups in total. The molecule has 0 radical (unpaired) electrons. The van der Waals surface area contributed by atoms with Crippen molar-refractivity contribution >= 4 is 6.08 Å². The highest BCUT2D eigenvalue weighted by molar-refractivity contribution is 5.57. The van der Waals surface area contributed by atoms with Crippen LogP contribution in [-0.4, -0.2) is 10.2 Å². The second-order valence-electron chi connectivity index (χ2n) is 3.20. The summed E-state index contributed by atoms with van der Waals surface area (Å²) in [5.74, 6) is 0. The predicted octanol–water partition coefficient (Wildman–Crippen LogP) is 1.17. The standard InChI is InChI=1S/C9H11N3/c1-9(10)5-3-2-4-7-6-11-12-8(7)9/h2-6H,10H2,1H3,(H,11,12). The second-order valence-corrected chi connectivity index (χ2v) is 3.20. The largest absolute Gasteiger partial charge is 0.317 e. The highest BCUT2D eigenvalue weighted by Gasteiger charge is 2.22. The Labute approximate surface area is 71.0 Å². The van der Waals surface area contributed by atoms with Gasteiger partial charge in [-0.15, -0.1) is 0 Å². The van der Waals surface area contributed by atoms with Crippen LogP contribution >= 0.6 is 0 Å². The lowest BCUT2D eigenvalue weighted by Crippen LogP contribution is -2.31. The van der Waals surface area contributed by atoms with E-state index < -0.39 is 5.54 Å². The van der Waals surface area contributed by atoms with Crippen LogP contribution in [0.5, 0.6) is 0 Å². The molecule has 0 amide bonds. The maximum Gasteiger partial charge on any atom is 0.0743 e. The van der Waals surface area contributed by atoms with Crippen molar-refractivity contribution in [1.29, 1.82) is 0 Å². The van der Waals surface area contributed by atoms with E-state index in [4.69, 9.17) is 5.73 Å². The summed E-state index contributed by atoms with van der Waals surface area (Å²) >= 11 is 0. The topological polar surface area (TPSA) is 54.7 Å². The van der Waals surface area contributed by atoms with Crippen LogP contribution in [0.15, 0.2) is 24.4 Å². The number of fused-ring (bicyclic) bond motifs is 1. The van der Waals surface area contributed by atoms with Gasteiger partial charge in [0, 0.05) is 5.56 Å². The van der Waals surface area contributed by atoms with Gasteiger partial charge in [0.1, 0.15) is 0 Å². The van der Waals surface area contributed by atoms with Gasteiger partial charge in [-0.3, -0.25) is 5.10 Å². The number of aromatic amines is 1. The van der Waals surface area contributed by atoms with Crippen LogP contribution in [0.1, 0.15) is 18.2 Å². The zero-order chi connectivity index (χ0) is 8.60. The minimum absolute atomic E-state index is 0.435. The molecule has 0 bridgehead atoms. The number of nitrogens with zero attached hydrogens (tertiary/aromatic N) is 1. The Balaban J connectivity index is 2.61. The van der Waals surface area contributed by atoms with Crippen LogP contribution in [-0.2, 0) is 5.54 Å². The molecule has 12 heavy (non-hydrogen) atoms. The van der Waals surface area contributed by atoms with Crippen molar-refractivity contribution in [2.75, 3.05) is 0 Å². The Bertz CT molecular complexity index is 344. The van der Waals surface area contributed by atoms with Gasteiger partial charge in [-0.2, -0.15) is 5.10 Å². The minimum atomic E-state index is -0.435. The molecule has 62 valence electrons. The Morgan fingerprint density at radius 1 is 1.50 bits per heavy atom. The molecular weight excluding hydrogens is 150 g/mol. The van der Waals surface area contributed by atoms with Crippen LogP contribution in [0.4, 0.5) is 0 Å². The van der Waals surface area contributed by atoms with Crippen LogP contribution in [0, 0.1) is 0 Å². The van der Waals surface area contributed by atoms with Crippen molar-refractivity contribution in [2.45, 2.75) is 12.5 Å². The number of hydrogen-bond donors (Lipinski definition) is 2. The van der Waals surface area contributed by atoms with Crippen LogP contribution < -0.4 is 5.73 Å². The van der Waals surface area contributed by atoms with Gasteiger partial charge in [0.05, 0.1) is 17.4 Å². The number of rotatable bonds is 0.